The maximum Gasteiger partial charge on any atom is 0.338 e. The van der Waals surface area contributed by atoms with E-state index < -0.39 is 0 Å². The topological polar surface area (TPSA) is 66.8 Å². The second kappa shape index (κ2) is 8.82. The number of carbonyl (C=O) groups excluding carboxylic acids is 2. The minimum Gasteiger partial charge on any atom is -0.462 e. The lowest BCUT2D eigenvalue weighted by atomic mass is 9.99. The Bertz CT molecular complexity index is 783. The fraction of sp³-hybridized carbons (Fsp3) is 0.364. The van der Waals surface area contributed by atoms with Gasteiger partial charge in [0.05, 0.1) is 24.8 Å². The number of amides is 1. The Morgan fingerprint density at radius 3 is 2.15 bits per heavy atom. The molecular formula is C22H25NO4. The fourth-order valence-corrected chi connectivity index (χ4v) is 3.44. The van der Waals surface area contributed by atoms with Gasteiger partial charge >= 0.3 is 5.97 Å². The van der Waals surface area contributed by atoms with Gasteiger partial charge in [-0.1, -0.05) is 24.3 Å². The van der Waals surface area contributed by atoms with Gasteiger partial charge in [-0.25, -0.2) is 4.79 Å². The van der Waals surface area contributed by atoms with Crippen molar-refractivity contribution in [1.82, 2.24) is 4.90 Å². The van der Waals surface area contributed by atoms with Gasteiger partial charge in [-0.3, -0.25) is 4.79 Å². The van der Waals surface area contributed by atoms with Crippen molar-refractivity contribution in [3.63, 3.8) is 0 Å². The molecule has 0 spiro atoms. The SMILES string of the molecule is CCOC(=O)c1ccc(-c2ccc(C(=O)N3CCCC[C@@H]3CO)cc2)cc1. The van der Waals surface area contributed by atoms with E-state index in [1.165, 1.54) is 0 Å². The van der Waals surface area contributed by atoms with Crippen LogP contribution in [0.15, 0.2) is 48.5 Å². The number of rotatable bonds is 5. The van der Waals surface area contributed by atoms with E-state index in [4.69, 9.17) is 4.74 Å². The van der Waals surface area contributed by atoms with Crippen molar-refractivity contribution in [3.8, 4) is 11.1 Å². The Hall–Kier alpha value is -2.66. The molecule has 1 heterocycles. The first kappa shape index (κ1) is 19.1. The maximum absolute atomic E-state index is 12.8. The summed E-state index contributed by atoms with van der Waals surface area (Å²) in [6.07, 6.45) is 2.88. The van der Waals surface area contributed by atoms with Crippen LogP contribution in [0.25, 0.3) is 11.1 Å². The summed E-state index contributed by atoms with van der Waals surface area (Å²) in [5, 5.41) is 9.52. The first-order valence-electron chi connectivity index (χ1n) is 9.43. The van der Waals surface area contributed by atoms with Crippen molar-refractivity contribution < 1.29 is 19.4 Å². The van der Waals surface area contributed by atoms with Crippen LogP contribution in [-0.4, -0.2) is 47.7 Å². The number of aliphatic hydroxyl groups excluding tert-OH is 1. The molecule has 5 nitrogen and oxygen atoms in total. The summed E-state index contributed by atoms with van der Waals surface area (Å²) < 4.78 is 4.99. The quantitative estimate of drug-likeness (QED) is 0.821. The van der Waals surface area contributed by atoms with Crippen LogP contribution in [-0.2, 0) is 4.74 Å². The summed E-state index contributed by atoms with van der Waals surface area (Å²) in [5.41, 5.74) is 3.09. The molecule has 27 heavy (non-hydrogen) atoms. The number of nitrogens with zero attached hydrogens (tertiary/aromatic N) is 1. The number of piperidine rings is 1. The van der Waals surface area contributed by atoms with Gasteiger partial charge in [0.2, 0.25) is 0 Å². The third kappa shape index (κ3) is 4.37. The van der Waals surface area contributed by atoms with Crippen LogP contribution in [0.2, 0.25) is 0 Å². The molecule has 1 atom stereocenters. The summed E-state index contributed by atoms with van der Waals surface area (Å²) in [4.78, 5) is 26.3. The van der Waals surface area contributed by atoms with E-state index in [2.05, 4.69) is 0 Å². The summed E-state index contributed by atoms with van der Waals surface area (Å²) in [5.74, 6) is -0.358. The largest absolute Gasteiger partial charge is 0.462 e. The highest BCUT2D eigenvalue weighted by atomic mass is 16.5. The molecule has 1 aliphatic heterocycles. The lowest BCUT2D eigenvalue weighted by Crippen LogP contribution is -2.45. The van der Waals surface area contributed by atoms with Crippen LogP contribution < -0.4 is 0 Å². The van der Waals surface area contributed by atoms with E-state index >= 15 is 0 Å². The number of aliphatic hydroxyl groups is 1. The number of ether oxygens (including phenoxy) is 1. The van der Waals surface area contributed by atoms with E-state index in [-0.39, 0.29) is 24.5 Å². The number of carbonyl (C=O) groups is 2. The second-order valence-electron chi connectivity index (χ2n) is 6.71. The maximum atomic E-state index is 12.8. The standard InChI is InChI=1S/C22H25NO4/c1-2-27-22(26)19-12-8-17(9-13-19)16-6-10-18(11-7-16)21(25)23-14-4-3-5-20(23)15-24/h6-13,20,24H,2-5,14-15H2,1H3/t20-/m1/s1. The molecule has 3 rings (SSSR count). The lowest BCUT2D eigenvalue weighted by Gasteiger charge is -2.34. The molecule has 1 aliphatic rings. The molecule has 1 N–H and O–H groups in total. The van der Waals surface area contributed by atoms with E-state index in [1.54, 1.807) is 24.0 Å². The minimum absolute atomic E-state index is 0.0106. The van der Waals surface area contributed by atoms with E-state index in [9.17, 15) is 14.7 Å². The van der Waals surface area contributed by atoms with Crippen molar-refractivity contribution in [1.29, 1.82) is 0 Å². The normalized spacial score (nSPS) is 16.8. The summed E-state index contributed by atoms with van der Waals surface area (Å²) in [7, 11) is 0. The van der Waals surface area contributed by atoms with Gasteiger partial charge in [0, 0.05) is 12.1 Å². The first-order valence-corrected chi connectivity index (χ1v) is 9.43. The van der Waals surface area contributed by atoms with E-state index in [0.717, 1.165) is 30.4 Å². The van der Waals surface area contributed by atoms with Crippen LogP contribution in [0.5, 0.6) is 0 Å². The molecule has 0 unspecified atom stereocenters. The summed E-state index contributed by atoms with van der Waals surface area (Å²) in [6, 6.07) is 14.6. The number of benzene rings is 2. The Morgan fingerprint density at radius 2 is 1.59 bits per heavy atom. The molecule has 0 aliphatic carbocycles. The Morgan fingerprint density at radius 1 is 1.00 bits per heavy atom. The molecule has 2 aromatic carbocycles. The molecule has 5 heteroatoms. The van der Waals surface area contributed by atoms with Gasteiger partial charge in [0.25, 0.3) is 5.91 Å². The van der Waals surface area contributed by atoms with Crippen LogP contribution in [0.3, 0.4) is 0 Å². The van der Waals surface area contributed by atoms with Crippen LogP contribution in [0, 0.1) is 0 Å². The average Bonchev–Trinajstić information content (AvgIpc) is 2.73. The lowest BCUT2D eigenvalue weighted by molar-refractivity contribution is 0.0501. The van der Waals surface area contributed by atoms with E-state index in [0.29, 0.717) is 24.3 Å². The van der Waals surface area contributed by atoms with Crippen LogP contribution >= 0.6 is 0 Å². The van der Waals surface area contributed by atoms with Crippen molar-refractivity contribution in [2.75, 3.05) is 19.8 Å². The molecule has 2 aromatic rings. The molecule has 0 aromatic heterocycles. The zero-order valence-corrected chi connectivity index (χ0v) is 15.6. The smallest absolute Gasteiger partial charge is 0.338 e. The predicted octanol–water partition coefficient (Wildman–Crippen LogP) is 3.52. The van der Waals surface area contributed by atoms with Gasteiger partial charge in [-0.15, -0.1) is 0 Å². The molecule has 1 fully saturated rings. The molecule has 0 radical (unpaired) electrons. The van der Waals surface area contributed by atoms with Crippen molar-refractivity contribution in [2.24, 2.45) is 0 Å². The van der Waals surface area contributed by atoms with Gasteiger partial charge < -0.3 is 14.7 Å². The molecule has 142 valence electrons. The second-order valence-corrected chi connectivity index (χ2v) is 6.71. The Kier molecular flexibility index (Phi) is 6.24. The highest BCUT2D eigenvalue weighted by Crippen LogP contribution is 2.23. The fourth-order valence-electron chi connectivity index (χ4n) is 3.44. The van der Waals surface area contributed by atoms with Crippen LogP contribution in [0.1, 0.15) is 46.9 Å². The van der Waals surface area contributed by atoms with Crippen LogP contribution in [0.4, 0.5) is 0 Å². The summed E-state index contributed by atoms with van der Waals surface area (Å²) >= 11 is 0. The average molecular weight is 367 g/mol. The molecule has 0 bridgehead atoms. The number of hydrogen-bond donors (Lipinski definition) is 1. The van der Waals surface area contributed by atoms with Gasteiger partial charge in [0.1, 0.15) is 0 Å². The third-order valence-corrected chi connectivity index (χ3v) is 4.96. The number of esters is 1. The van der Waals surface area contributed by atoms with Crippen molar-refractivity contribution >= 4 is 11.9 Å². The zero-order chi connectivity index (χ0) is 19.2. The molecule has 1 saturated heterocycles. The number of likely N-dealkylation sites (tertiary alicyclic amines) is 1. The predicted molar refractivity (Wildman–Crippen MR) is 104 cm³/mol. The first-order chi connectivity index (χ1) is 13.1. The zero-order valence-electron chi connectivity index (χ0n) is 15.6. The highest BCUT2D eigenvalue weighted by molar-refractivity contribution is 5.95. The van der Waals surface area contributed by atoms with Gasteiger partial charge in [-0.2, -0.15) is 0 Å². The molecule has 0 saturated carbocycles. The highest BCUT2D eigenvalue weighted by Gasteiger charge is 2.26. The Labute approximate surface area is 159 Å². The number of hydrogen-bond acceptors (Lipinski definition) is 4. The third-order valence-electron chi connectivity index (χ3n) is 4.96. The van der Waals surface area contributed by atoms with Crippen molar-refractivity contribution in [3.05, 3.63) is 59.7 Å². The summed E-state index contributed by atoms with van der Waals surface area (Å²) in [6.45, 7) is 2.84. The Balaban J connectivity index is 1.73. The minimum atomic E-state index is -0.329. The van der Waals surface area contributed by atoms with E-state index in [1.807, 2.05) is 36.4 Å². The monoisotopic (exact) mass is 367 g/mol. The molecular weight excluding hydrogens is 342 g/mol. The van der Waals surface area contributed by atoms with Crippen molar-refractivity contribution in [2.45, 2.75) is 32.2 Å². The molecule has 1 amide bonds. The van der Waals surface area contributed by atoms with Gasteiger partial charge in [-0.05, 0) is 61.6 Å². The van der Waals surface area contributed by atoms with Gasteiger partial charge in [0.15, 0.2) is 0 Å².